The highest BCUT2D eigenvalue weighted by molar-refractivity contribution is 7.21. The summed E-state index contributed by atoms with van der Waals surface area (Å²) in [5.41, 5.74) is 6.66. The van der Waals surface area contributed by atoms with Crippen molar-refractivity contribution in [3.63, 3.8) is 0 Å². The molecule has 8 heteroatoms. The predicted octanol–water partition coefficient (Wildman–Crippen LogP) is 5.00. The molecule has 2 aliphatic heterocycles. The molecule has 0 bridgehead atoms. The first kappa shape index (κ1) is 27.7. The standard InChI is InChI=1S/2C16H18N3S/c2*1-18(2)11-5-7-13-15(9-11)20-16-10-12(19(3)4)6-8-14(16)17-13/h2*5-10H,1-4H3/q2*+1. The van der Waals surface area contributed by atoms with Gasteiger partial charge in [-0.1, -0.05) is 0 Å². The van der Waals surface area contributed by atoms with Gasteiger partial charge in [0, 0.05) is 63.8 Å². The number of nitrogens with zero attached hydrogens (tertiary/aromatic N) is 6. The van der Waals surface area contributed by atoms with Gasteiger partial charge in [0.2, 0.25) is 10.7 Å². The fourth-order valence-electron chi connectivity index (χ4n) is 4.32. The molecule has 2 aromatic rings. The molecule has 0 radical (unpaired) electrons. The molecule has 0 N–H and O–H groups in total. The van der Waals surface area contributed by atoms with E-state index < -0.39 is 0 Å². The lowest BCUT2D eigenvalue weighted by Crippen LogP contribution is -2.21. The van der Waals surface area contributed by atoms with Crippen LogP contribution in [0.2, 0.25) is 0 Å². The van der Waals surface area contributed by atoms with Gasteiger partial charge in [-0.3, -0.25) is 0 Å². The van der Waals surface area contributed by atoms with E-state index in [0.717, 1.165) is 22.4 Å². The van der Waals surface area contributed by atoms with Crippen molar-refractivity contribution < 1.29 is 0 Å². The molecule has 2 aliphatic carbocycles. The van der Waals surface area contributed by atoms with Crippen LogP contribution >= 0.6 is 22.7 Å². The summed E-state index contributed by atoms with van der Waals surface area (Å²) in [6.45, 7) is 0. The average molecular weight is 569 g/mol. The lowest BCUT2D eigenvalue weighted by molar-refractivity contribution is 0.814. The van der Waals surface area contributed by atoms with E-state index in [-0.39, 0.29) is 0 Å². The third-order valence-electron chi connectivity index (χ3n) is 6.76. The summed E-state index contributed by atoms with van der Waals surface area (Å²) in [4.78, 5) is 16.2. The van der Waals surface area contributed by atoms with Crippen LogP contribution in [-0.4, -0.2) is 66.3 Å². The Hall–Kier alpha value is -3.88. The van der Waals surface area contributed by atoms with Crippen LogP contribution < -0.4 is 29.7 Å². The summed E-state index contributed by atoms with van der Waals surface area (Å²) in [5, 5.41) is 2.41. The van der Waals surface area contributed by atoms with E-state index in [9.17, 15) is 0 Å². The van der Waals surface area contributed by atoms with E-state index in [2.05, 4.69) is 148 Å². The summed E-state index contributed by atoms with van der Waals surface area (Å²) in [7, 11) is 16.5. The van der Waals surface area contributed by atoms with Gasteiger partial charge in [0.15, 0.2) is 0 Å². The van der Waals surface area contributed by atoms with Crippen LogP contribution in [0, 0.1) is 0 Å². The molecular weight excluding hydrogens is 533 g/mol. The topological polar surface area (TPSA) is 38.3 Å². The second-order valence-electron chi connectivity index (χ2n) is 10.6. The minimum Gasteiger partial charge on any atom is -0.378 e. The molecule has 204 valence electrons. The second kappa shape index (κ2) is 11.3. The number of rotatable bonds is 2. The van der Waals surface area contributed by atoms with Crippen molar-refractivity contribution in [2.75, 3.05) is 66.2 Å². The van der Waals surface area contributed by atoms with Gasteiger partial charge in [0.25, 0.3) is 0 Å². The van der Waals surface area contributed by atoms with Crippen molar-refractivity contribution in [1.29, 1.82) is 0 Å². The minimum atomic E-state index is 1.06. The SMILES string of the molecule is CN(C)c1ccc2nc3ccc(=[N+](C)C)cc-3sc2c1.CN(C)c1ccc2nc3ccc(=[N+](C)C)cc-3sc2c1. The number of benzene rings is 4. The number of hydrogen-bond acceptors (Lipinski definition) is 6. The molecular formula is C32H36N6S2+2. The number of fused-ring (bicyclic) bond motifs is 4. The quantitative estimate of drug-likeness (QED) is 0.218. The molecule has 0 spiro atoms. The van der Waals surface area contributed by atoms with Crippen LogP contribution in [0.25, 0.3) is 41.6 Å². The number of hydrogen-bond donors (Lipinski definition) is 0. The average Bonchev–Trinajstić information content (AvgIpc) is 2.93. The Morgan fingerprint density at radius 1 is 0.525 bits per heavy atom. The fourth-order valence-corrected chi connectivity index (χ4v) is 6.38. The first-order chi connectivity index (χ1) is 19.1. The largest absolute Gasteiger partial charge is 0.378 e. The summed E-state index contributed by atoms with van der Waals surface area (Å²) in [5.74, 6) is 0. The Morgan fingerprint density at radius 2 is 0.925 bits per heavy atom. The molecule has 0 aromatic heterocycles. The molecule has 0 amide bonds. The van der Waals surface area contributed by atoms with E-state index in [1.165, 1.54) is 41.2 Å². The van der Waals surface area contributed by atoms with E-state index >= 15 is 0 Å². The third-order valence-corrected chi connectivity index (χ3v) is 8.95. The molecule has 2 heterocycles. The molecule has 0 atom stereocenters. The van der Waals surface area contributed by atoms with Crippen molar-refractivity contribution in [3.8, 4) is 21.1 Å². The van der Waals surface area contributed by atoms with Crippen LogP contribution in [0.5, 0.6) is 0 Å². The van der Waals surface area contributed by atoms with Crippen LogP contribution in [0.4, 0.5) is 11.4 Å². The molecule has 0 saturated carbocycles. The summed E-state index contributed by atoms with van der Waals surface area (Å²) in [6, 6.07) is 25.7. The Labute approximate surface area is 243 Å². The monoisotopic (exact) mass is 568 g/mol. The maximum atomic E-state index is 4.75. The van der Waals surface area contributed by atoms with Crippen LogP contribution in [0.3, 0.4) is 0 Å². The molecule has 6 rings (SSSR count). The zero-order valence-corrected chi connectivity index (χ0v) is 26.1. The van der Waals surface area contributed by atoms with Gasteiger partial charge in [-0.2, -0.15) is 0 Å². The van der Waals surface area contributed by atoms with Crippen molar-refractivity contribution in [3.05, 3.63) is 83.5 Å². The fraction of sp³-hybridized carbons (Fsp3) is 0.250. The highest BCUT2D eigenvalue weighted by atomic mass is 32.1. The van der Waals surface area contributed by atoms with Gasteiger partial charge in [-0.15, -0.1) is 22.7 Å². The second-order valence-corrected chi connectivity index (χ2v) is 12.8. The van der Waals surface area contributed by atoms with Crippen molar-refractivity contribution in [2.45, 2.75) is 0 Å². The van der Waals surface area contributed by atoms with E-state index in [1.807, 2.05) is 0 Å². The van der Waals surface area contributed by atoms with Gasteiger partial charge in [-0.25, -0.2) is 19.1 Å². The van der Waals surface area contributed by atoms with Crippen LogP contribution in [0.1, 0.15) is 0 Å². The number of aromatic nitrogens is 2. The Morgan fingerprint density at radius 3 is 1.27 bits per heavy atom. The lowest BCUT2D eigenvalue weighted by Gasteiger charge is -2.13. The maximum absolute atomic E-state index is 4.75. The van der Waals surface area contributed by atoms with Gasteiger partial charge in [-0.05, 0) is 48.5 Å². The minimum absolute atomic E-state index is 1.06. The van der Waals surface area contributed by atoms with Crippen molar-refractivity contribution in [2.24, 2.45) is 0 Å². The van der Waals surface area contributed by atoms with E-state index in [4.69, 9.17) is 9.97 Å². The summed E-state index contributed by atoms with van der Waals surface area (Å²) < 4.78 is 6.68. The molecule has 0 saturated heterocycles. The first-order valence-corrected chi connectivity index (χ1v) is 14.8. The molecule has 6 nitrogen and oxygen atoms in total. The Bertz CT molecular complexity index is 1770. The molecule has 4 aliphatic rings. The summed E-state index contributed by atoms with van der Waals surface area (Å²) >= 11 is 3.60. The maximum Gasteiger partial charge on any atom is 0.201 e. The highest BCUT2D eigenvalue weighted by Crippen LogP contribution is 2.32. The predicted molar refractivity (Wildman–Crippen MR) is 175 cm³/mol. The van der Waals surface area contributed by atoms with E-state index in [0.29, 0.717) is 0 Å². The van der Waals surface area contributed by atoms with Gasteiger partial charge in [0.1, 0.15) is 28.2 Å². The zero-order chi connectivity index (χ0) is 28.6. The molecule has 40 heavy (non-hydrogen) atoms. The normalized spacial score (nSPS) is 11.0. The van der Waals surface area contributed by atoms with Crippen molar-refractivity contribution >= 4 is 54.5 Å². The molecule has 0 unspecified atom stereocenters. The molecule has 2 aromatic carbocycles. The summed E-state index contributed by atoms with van der Waals surface area (Å²) in [6.07, 6.45) is 0. The van der Waals surface area contributed by atoms with Crippen LogP contribution in [-0.2, 0) is 0 Å². The van der Waals surface area contributed by atoms with Gasteiger partial charge >= 0.3 is 0 Å². The Kier molecular flexibility index (Phi) is 7.83. The van der Waals surface area contributed by atoms with Crippen molar-refractivity contribution in [1.82, 2.24) is 19.1 Å². The number of anilines is 2. The Balaban J connectivity index is 0.000000161. The van der Waals surface area contributed by atoms with E-state index in [1.54, 1.807) is 22.7 Å². The van der Waals surface area contributed by atoms with Gasteiger partial charge in [0.05, 0.1) is 41.6 Å². The zero-order valence-electron chi connectivity index (χ0n) is 24.4. The highest BCUT2D eigenvalue weighted by Gasteiger charge is 2.11. The smallest absolute Gasteiger partial charge is 0.201 e. The lowest BCUT2D eigenvalue weighted by atomic mass is 10.2. The van der Waals surface area contributed by atoms with Gasteiger partial charge < -0.3 is 9.80 Å². The third kappa shape index (κ3) is 5.83. The molecule has 0 fully saturated rings. The van der Waals surface area contributed by atoms with Crippen LogP contribution in [0.15, 0.2) is 72.8 Å². The first-order valence-electron chi connectivity index (χ1n) is 13.1.